The fourth-order valence-corrected chi connectivity index (χ4v) is 3.75. The Morgan fingerprint density at radius 2 is 2.03 bits per heavy atom. The Kier molecular flexibility index (Phi) is 6.30. The number of carbonyl (C=O) groups is 1. The molecular weight excluding hydrogens is 384 g/mol. The molecule has 2 aromatic carbocycles. The average molecular weight is 407 g/mol. The second-order valence-corrected chi connectivity index (χ2v) is 7.52. The lowest BCUT2D eigenvalue weighted by molar-refractivity contribution is -0.121. The number of methoxy groups -OCH3 is 1. The molecule has 1 fully saturated rings. The molecular formula is C23H22N2O3S. The molecule has 0 unspecified atom stereocenters. The van der Waals surface area contributed by atoms with Gasteiger partial charge in [0.25, 0.3) is 5.91 Å². The number of aryl methyl sites for hydroxylation is 2. The van der Waals surface area contributed by atoms with E-state index in [2.05, 4.69) is 17.8 Å². The van der Waals surface area contributed by atoms with Crippen LogP contribution in [0.3, 0.4) is 0 Å². The molecule has 3 rings (SSSR count). The van der Waals surface area contributed by atoms with Crippen LogP contribution in [0.5, 0.6) is 11.5 Å². The molecule has 1 amide bonds. The van der Waals surface area contributed by atoms with Gasteiger partial charge in [-0.25, -0.2) is 4.99 Å². The van der Waals surface area contributed by atoms with Gasteiger partial charge in [-0.05, 0) is 61.0 Å². The number of para-hydroxylation sites is 1. The van der Waals surface area contributed by atoms with Gasteiger partial charge < -0.3 is 9.47 Å². The van der Waals surface area contributed by atoms with E-state index in [0.29, 0.717) is 21.6 Å². The van der Waals surface area contributed by atoms with Crippen LogP contribution >= 0.6 is 11.8 Å². The summed E-state index contributed by atoms with van der Waals surface area (Å²) in [4.78, 5) is 19.5. The number of amides is 1. The zero-order valence-electron chi connectivity index (χ0n) is 16.9. The first-order valence-electron chi connectivity index (χ1n) is 9.01. The summed E-state index contributed by atoms with van der Waals surface area (Å²) in [5.41, 5.74) is 3.90. The quantitative estimate of drug-likeness (QED) is 0.540. The Balaban J connectivity index is 1.95. The molecule has 2 aromatic rings. The van der Waals surface area contributed by atoms with Gasteiger partial charge in [-0.15, -0.1) is 6.42 Å². The van der Waals surface area contributed by atoms with Crippen molar-refractivity contribution in [3.63, 3.8) is 0 Å². The zero-order valence-corrected chi connectivity index (χ0v) is 17.7. The van der Waals surface area contributed by atoms with E-state index in [1.165, 1.54) is 17.3 Å². The standard InChI is InChI=1S/C23H22N2O3S/c1-6-12-28-21-17(8-7-9-19(21)27-5)14-20-22(26)25(4)23(29-20)24-18-11-10-15(2)16(3)13-18/h1,7-11,13-14H,12H2,2-5H3/b20-14+,24-23?. The Hall–Kier alpha value is -3.17. The molecule has 1 saturated heterocycles. The van der Waals surface area contributed by atoms with Crippen molar-refractivity contribution in [3.05, 3.63) is 58.0 Å². The molecule has 0 aromatic heterocycles. The highest BCUT2D eigenvalue weighted by Gasteiger charge is 2.30. The summed E-state index contributed by atoms with van der Waals surface area (Å²) in [6.07, 6.45) is 7.10. The predicted octanol–water partition coefficient (Wildman–Crippen LogP) is 4.56. The minimum atomic E-state index is -0.122. The SMILES string of the molecule is C#CCOc1c(/C=C2/SC(=Nc3ccc(C)c(C)c3)N(C)C2=O)cccc1OC. The maximum atomic E-state index is 12.8. The molecule has 0 N–H and O–H groups in total. The van der Waals surface area contributed by atoms with E-state index < -0.39 is 0 Å². The van der Waals surface area contributed by atoms with Crippen molar-refractivity contribution in [2.45, 2.75) is 13.8 Å². The maximum Gasteiger partial charge on any atom is 0.266 e. The lowest BCUT2D eigenvalue weighted by Gasteiger charge is -2.11. The third-order valence-electron chi connectivity index (χ3n) is 4.53. The van der Waals surface area contributed by atoms with Gasteiger partial charge in [0.15, 0.2) is 16.7 Å². The van der Waals surface area contributed by atoms with Gasteiger partial charge >= 0.3 is 0 Å². The van der Waals surface area contributed by atoms with E-state index >= 15 is 0 Å². The fraction of sp³-hybridized carbons (Fsp3) is 0.217. The first kappa shape index (κ1) is 20.6. The van der Waals surface area contributed by atoms with Gasteiger partial charge in [0.1, 0.15) is 6.61 Å². The van der Waals surface area contributed by atoms with Gasteiger partial charge in [0, 0.05) is 12.6 Å². The second kappa shape index (κ2) is 8.89. The van der Waals surface area contributed by atoms with E-state index in [1.807, 2.05) is 37.3 Å². The number of likely N-dealkylation sites (N-methyl/N-ethyl adjacent to an activating group) is 1. The van der Waals surface area contributed by atoms with Crippen molar-refractivity contribution in [1.82, 2.24) is 4.90 Å². The van der Waals surface area contributed by atoms with E-state index in [4.69, 9.17) is 15.9 Å². The van der Waals surface area contributed by atoms with Gasteiger partial charge in [-0.3, -0.25) is 9.69 Å². The highest BCUT2D eigenvalue weighted by atomic mass is 32.2. The smallest absolute Gasteiger partial charge is 0.266 e. The minimum absolute atomic E-state index is 0.108. The van der Waals surface area contributed by atoms with Crippen molar-refractivity contribution in [3.8, 4) is 23.8 Å². The Bertz CT molecular complexity index is 1050. The highest BCUT2D eigenvalue weighted by Crippen LogP contribution is 2.37. The number of aliphatic imine (C=N–C) groups is 1. The lowest BCUT2D eigenvalue weighted by atomic mass is 10.1. The molecule has 0 saturated carbocycles. The number of rotatable bonds is 5. The summed E-state index contributed by atoms with van der Waals surface area (Å²) in [6, 6.07) is 11.5. The molecule has 0 bridgehead atoms. The summed E-state index contributed by atoms with van der Waals surface area (Å²) in [6.45, 7) is 4.21. The van der Waals surface area contributed by atoms with E-state index in [0.717, 1.165) is 16.8 Å². The number of nitrogens with zero attached hydrogens (tertiary/aromatic N) is 2. The van der Waals surface area contributed by atoms with Gasteiger partial charge in [-0.2, -0.15) is 0 Å². The van der Waals surface area contributed by atoms with Crippen molar-refractivity contribution in [2.24, 2.45) is 4.99 Å². The third-order valence-corrected chi connectivity index (χ3v) is 5.59. The van der Waals surface area contributed by atoms with Crippen molar-refractivity contribution >= 4 is 34.6 Å². The molecule has 0 spiro atoms. The van der Waals surface area contributed by atoms with E-state index in [9.17, 15) is 4.79 Å². The van der Waals surface area contributed by atoms with Crippen LogP contribution in [0, 0.1) is 26.2 Å². The molecule has 1 heterocycles. The number of carbonyl (C=O) groups excluding carboxylic acids is 1. The minimum Gasteiger partial charge on any atom is -0.493 e. The Morgan fingerprint density at radius 1 is 1.24 bits per heavy atom. The number of thioether (sulfide) groups is 1. The average Bonchev–Trinajstić information content (AvgIpc) is 2.97. The molecule has 29 heavy (non-hydrogen) atoms. The number of hydrogen-bond acceptors (Lipinski definition) is 5. The second-order valence-electron chi connectivity index (χ2n) is 6.51. The summed E-state index contributed by atoms with van der Waals surface area (Å²) >= 11 is 1.32. The van der Waals surface area contributed by atoms with Crippen LogP contribution in [-0.2, 0) is 4.79 Å². The van der Waals surface area contributed by atoms with E-state index in [-0.39, 0.29) is 12.5 Å². The predicted molar refractivity (Wildman–Crippen MR) is 119 cm³/mol. The third kappa shape index (κ3) is 4.47. The van der Waals surface area contributed by atoms with Crippen molar-refractivity contribution in [1.29, 1.82) is 0 Å². The number of benzene rings is 2. The van der Waals surface area contributed by atoms with Gasteiger partial charge in [-0.1, -0.05) is 24.1 Å². The first-order valence-corrected chi connectivity index (χ1v) is 9.83. The molecule has 1 aliphatic rings. The number of ether oxygens (including phenoxy) is 2. The largest absolute Gasteiger partial charge is 0.493 e. The maximum absolute atomic E-state index is 12.8. The summed E-state index contributed by atoms with van der Waals surface area (Å²) < 4.78 is 11.0. The first-order chi connectivity index (χ1) is 13.9. The van der Waals surface area contributed by atoms with Crippen LogP contribution in [0.2, 0.25) is 0 Å². The highest BCUT2D eigenvalue weighted by molar-refractivity contribution is 8.18. The summed E-state index contributed by atoms with van der Waals surface area (Å²) in [5.74, 6) is 3.40. The Morgan fingerprint density at radius 3 is 2.72 bits per heavy atom. The summed E-state index contributed by atoms with van der Waals surface area (Å²) in [7, 11) is 3.28. The number of amidine groups is 1. The normalized spacial score (nSPS) is 16.4. The van der Waals surface area contributed by atoms with Crippen LogP contribution in [0.4, 0.5) is 5.69 Å². The van der Waals surface area contributed by atoms with Crippen LogP contribution in [0.1, 0.15) is 16.7 Å². The molecule has 6 heteroatoms. The zero-order chi connectivity index (χ0) is 21.0. The number of terminal acetylenes is 1. The molecule has 0 radical (unpaired) electrons. The van der Waals surface area contributed by atoms with E-state index in [1.54, 1.807) is 31.2 Å². The van der Waals surface area contributed by atoms with Crippen LogP contribution in [-0.4, -0.2) is 36.7 Å². The summed E-state index contributed by atoms with van der Waals surface area (Å²) in [5, 5.41) is 0.624. The van der Waals surface area contributed by atoms with Crippen LogP contribution in [0.25, 0.3) is 6.08 Å². The molecule has 5 nitrogen and oxygen atoms in total. The lowest BCUT2D eigenvalue weighted by Crippen LogP contribution is -2.23. The monoisotopic (exact) mass is 406 g/mol. The van der Waals surface area contributed by atoms with Crippen molar-refractivity contribution in [2.75, 3.05) is 20.8 Å². The molecule has 1 aliphatic heterocycles. The van der Waals surface area contributed by atoms with Gasteiger partial charge in [0.2, 0.25) is 0 Å². The number of hydrogen-bond donors (Lipinski definition) is 0. The topological polar surface area (TPSA) is 51.1 Å². The fourth-order valence-electron chi connectivity index (χ4n) is 2.77. The Labute approximate surface area is 175 Å². The van der Waals surface area contributed by atoms with Crippen LogP contribution < -0.4 is 9.47 Å². The molecule has 0 aliphatic carbocycles. The molecule has 148 valence electrons. The van der Waals surface area contributed by atoms with Crippen LogP contribution in [0.15, 0.2) is 46.3 Å². The van der Waals surface area contributed by atoms with Crippen molar-refractivity contribution < 1.29 is 14.3 Å². The molecule has 0 atom stereocenters. The van der Waals surface area contributed by atoms with Gasteiger partial charge in [0.05, 0.1) is 17.7 Å².